The third-order valence-corrected chi connectivity index (χ3v) is 2.00. The van der Waals surface area contributed by atoms with Crippen LogP contribution in [0, 0.1) is 0 Å². The van der Waals surface area contributed by atoms with Crippen molar-refractivity contribution >= 4 is 5.91 Å². The predicted molar refractivity (Wildman–Crippen MR) is 63.8 cm³/mol. The van der Waals surface area contributed by atoms with Gasteiger partial charge in [-0.2, -0.15) is 0 Å². The fraction of sp³-hybridized carbons (Fsp3) is 0.417. The maximum absolute atomic E-state index is 11.9. The van der Waals surface area contributed by atoms with Gasteiger partial charge in [0.1, 0.15) is 0 Å². The van der Waals surface area contributed by atoms with Crippen LogP contribution in [0.25, 0.3) is 0 Å². The highest BCUT2D eigenvalue weighted by Crippen LogP contribution is 2.04. The summed E-state index contributed by atoms with van der Waals surface area (Å²) >= 11 is 0. The molecule has 0 unspecified atom stereocenters. The summed E-state index contributed by atoms with van der Waals surface area (Å²) in [5.74, 6) is -0.205. The SMILES string of the molecule is C=C/C=C\C(=C/C)C(=O)N(CCO)CCO. The molecule has 0 heterocycles. The fourth-order valence-electron chi connectivity index (χ4n) is 1.20. The van der Waals surface area contributed by atoms with E-state index in [1.165, 1.54) is 4.90 Å². The van der Waals surface area contributed by atoms with Gasteiger partial charge in [-0.05, 0) is 13.0 Å². The lowest BCUT2D eigenvalue weighted by Gasteiger charge is -2.20. The Balaban J connectivity index is 4.68. The minimum atomic E-state index is -0.205. The third-order valence-electron chi connectivity index (χ3n) is 2.00. The average molecular weight is 225 g/mol. The van der Waals surface area contributed by atoms with Crippen LogP contribution in [0.15, 0.2) is 36.5 Å². The topological polar surface area (TPSA) is 60.8 Å². The van der Waals surface area contributed by atoms with E-state index < -0.39 is 0 Å². The van der Waals surface area contributed by atoms with Crippen molar-refractivity contribution in [1.82, 2.24) is 4.90 Å². The zero-order valence-electron chi connectivity index (χ0n) is 9.59. The first kappa shape index (κ1) is 14.6. The van der Waals surface area contributed by atoms with E-state index >= 15 is 0 Å². The molecule has 0 aromatic heterocycles. The molecule has 0 fully saturated rings. The van der Waals surface area contributed by atoms with E-state index in [1.807, 2.05) is 0 Å². The largest absolute Gasteiger partial charge is 0.395 e. The molecule has 0 aromatic rings. The fourth-order valence-corrected chi connectivity index (χ4v) is 1.20. The Morgan fingerprint density at radius 1 is 1.31 bits per heavy atom. The molecular weight excluding hydrogens is 206 g/mol. The monoisotopic (exact) mass is 225 g/mol. The number of nitrogens with zero attached hydrogens (tertiary/aromatic N) is 1. The quantitative estimate of drug-likeness (QED) is 0.489. The zero-order valence-corrected chi connectivity index (χ0v) is 9.59. The Hall–Kier alpha value is -1.39. The second-order valence-corrected chi connectivity index (χ2v) is 3.08. The Labute approximate surface area is 96.2 Å². The number of amides is 1. The summed E-state index contributed by atoms with van der Waals surface area (Å²) in [4.78, 5) is 13.3. The molecule has 0 radical (unpaired) electrons. The smallest absolute Gasteiger partial charge is 0.253 e. The maximum atomic E-state index is 11.9. The number of allylic oxidation sites excluding steroid dienone is 3. The normalized spacial score (nSPS) is 11.8. The summed E-state index contributed by atoms with van der Waals surface area (Å²) < 4.78 is 0. The molecule has 0 aliphatic carbocycles. The van der Waals surface area contributed by atoms with Crippen LogP contribution in [0.5, 0.6) is 0 Å². The maximum Gasteiger partial charge on any atom is 0.253 e. The van der Waals surface area contributed by atoms with Crippen molar-refractivity contribution in [3.05, 3.63) is 36.5 Å². The van der Waals surface area contributed by atoms with Gasteiger partial charge >= 0.3 is 0 Å². The average Bonchev–Trinajstić information content (AvgIpc) is 2.29. The Morgan fingerprint density at radius 2 is 1.88 bits per heavy atom. The number of carbonyl (C=O) groups excluding carboxylic acids is 1. The molecule has 0 spiro atoms. The minimum Gasteiger partial charge on any atom is -0.395 e. The highest BCUT2D eigenvalue weighted by molar-refractivity contribution is 5.96. The van der Waals surface area contributed by atoms with Crippen LogP contribution in [0.3, 0.4) is 0 Å². The molecule has 0 aromatic carbocycles. The van der Waals surface area contributed by atoms with Crippen LogP contribution in [-0.4, -0.2) is 47.3 Å². The van der Waals surface area contributed by atoms with Crippen LogP contribution >= 0.6 is 0 Å². The molecule has 2 N–H and O–H groups in total. The van der Waals surface area contributed by atoms with Gasteiger partial charge in [-0.3, -0.25) is 4.79 Å². The van der Waals surface area contributed by atoms with Gasteiger partial charge < -0.3 is 15.1 Å². The Morgan fingerprint density at radius 3 is 2.25 bits per heavy atom. The molecule has 4 nitrogen and oxygen atoms in total. The number of carbonyl (C=O) groups is 1. The number of hydrogen-bond acceptors (Lipinski definition) is 3. The van der Waals surface area contributed by atoms with Crippen LogP contribution in [0.2, 0.25) is 0 Å². The molecule has 0 rings (SSSR count). The van der Waals surface area contributed by atoms with E-state index in [-0.39, 0.29) is 32.2 Å². The van der Waals surface area contributed by atoms with Gasteiger partial charge in [-0.15, -0.1) is 0 Å². The van der Waals surface area contributed by atoms with Crippen molar-refractivity contribution in [3.63, 3.8) is 0 Å². The molecule has 0 saturated carbocycles. The highest BCUT2D eigenvalue weighted by Gasteiger charge is 2.14. The lowest BCUT2D eigenvalue weighted by Crippen LogP contribution is -2.36. The van der Waals surface area contributed by atoms with Gasteiger partial charge in [-0.1, -0.05) is 24.8 Å². The second kappa shape index (κ2) is 8.88. The number of aliphatic hydroxyl groups is 2. The van der Waals surface area contributed by atoms with Crippen molar-refractivity contribution in [1.29, 1.82) is 0 Å². The van der Waals surface area contributed by atoms with Gasteiger partial charge in [0.15, 0.2) is 0 Å². The molecule has 0 atom stereocenters. The van der Waals surface area contributed by atoms with Gasteiger partial charge in [0.2, 0.25) is 0 Å². The first-order valence-electron chi connectivity index (χ1n) is 5.17. The van der Waals surface area contributed by atoms with Crippen molar-refractivity contribution in [2.75, 3.05) is 26.3 Å². The van der Waals surface area contributed by atoms with Crippen molar-refractivity contribution in [2.24, 2.45) is 0 Å². The molecule has 0 saturated heterocycles. The van der Waals surface area contributed by atoms with Gasteiger partial charge in [0.05, 0.1) is 13.2 Å². The van der Waals surface area contributed by atoms with Gasteiger partial charge in [-0.25, -0.2) is 0 Å². The van der Waals surface area contributed by atoms with Crippen molar-refractivity contribution in [2.45, 2.75) is 6.92 Å². The van der Waals surface area contributed by atoms with E-state index in [1.54, 1.807) is 31.2 Å². The minimum absolute atomic E-state index is 0.117. The summed E-state index contributed by atoms with van der Waals surface area (Å²) in [5, 5.41) is 17.6. The van der Waals surface area contributed by atoms with Crippen molar-refractivity contribution < 1.29 is 15.0 Å². The molecule has 90 valence electrons. The summed E-state index contributed by atoms with van der Waals surface area (Å²) in [7, 11) is 0. The van der Waals surface area contributed by atoms with Crippen LogP contribution in [0.4, 0.5) is 0 Å². The van der Waals surface area contributed by atoms with E-state index in [0.717, 1.165) is 0 Å². The van der Waals surface area contributed by atoms with Crippen LogP contribution in [0.1, 0.15) is 6.92 Å². The summed E-state index contributed by atoms with van der Waals surface area (Å²) in [6.45, 7) is 5.49. The zero-order chi connectivity index (χ0) is 12.4. The summed E-state index contributed by atoms with van der Waals surface area (Å²) in [5.41, 5.74) is 0.516. The molecule has 16 heavy (non-hydrogen) atoms. The highest BCUT2D eigenvalue weighted by atomic mass is 16.3. The van der Waals surface area contributed by atoms with E-state index in [4.69, 9.17) is 10.2 Å². The number of rotatable bonds is 7. The molecular formula is C12H19NO3. The van der Waals surface area contributed by atoms with E-state index in [2.05, 4.69) is 6.58 Å². The first-order valence-corrected chi connectivity index (χ1v) is 5.17. The number of aliphatic hydroxyl groups excluding tert-OH is 2. The molecule has 0 aliphatic rings. The van der Waals surface area contributed by atoms with Gasteiger partial charge in [0, 0.05) is 18.7 Å². The van der Waals surface area contributed by atoms with E-state index in [0.29, 0.717) is 5.57 Å². The molecule has 4 heteroatoms. The van der Waals surface area contributed by atoms with E-state index in [9.17, 15) is 4.79 Å². The van der Waals surface area contributed by atoms with Crippen LogP contribution < -0.4 is 0 Å². The first-order chi connectivity index (χ1) is 7.71. The predicted octanol–water partition coefficient (Wildman–Crippen LogP) is 0.488. The molecule has 0 bridgehead atoms. The molecule has 1 amide bonds. The van der Waals surface area contributed by atoms with Crippen LogP contribution in [-0.2, 0) is 4.79 Å². The Kier molecular flexibility index (Phi) is 8.11. The third kappa shape index (κ3) is 4.91. The van der Waals surface area contributed by atoms with Gasteiger partial charge in [0.25, 0.3) is 5.91 Å². The lowest BCUT2D eigenvalue weighted by molar-refractivity contribution is -0.127. The number of hydrogen-bond donors (Lipinski definition) is 2. The van der Waals surface area contributed by atoms with Crippen molar-refractivity contribution in [3.8, 4) is 0 Å². The summed E-state index contributed by atoms with van der Waals surface area (Å²) in [6, 6.07) is 0. The summed E-state index contributed by atoms with van der Waals surface area (Å²) in [6.07, 6.45) is 6.59. The second-order valence-electron chi connectivity index (χ2n) is 3.08. The lowest BCUT2D eigenvalue weighted by atomic mass is 10.2. The standard InChI is InChI=1S/C12H19NO3/c1-3-5-6-11(4-2)12(16)13(7-9-14)8-10-15/h3-6,14-15H,1,7-10H2,2H3/b6-5-,11-4+. The molecule has 0 aliphatic heterocycles. The Bertz CT molecular complexity index is 276.